The molecule has 0 bridgehead atoms. The number of amides is 11. The molecule has 2 fully saturated rings. The maximum atomic E-state index is 15.3. The van der Waals surface area contributed by atoms with Gasteiger partial charge >= 0.3 is 0 Å². The zero-order valence-electron chi connectivity index (χ0n) is 60.2. The van der Waals surface area contributed by atoms with Gasteiger partial charge < -0.3 is 70.1 Å². The minimum Gasteiger partial charge on any atom is -0.390 e. The summed E-state index contributed by atoms with van der Waals surface area (Å²) < 4.78 is 11.7. The number of allylic oxidation sites excluding steroid dienone is 2. The summed E-state index contributed by atoms with van der Waals surface area (Å²) in [4.78, 5) is 172. The van der Waals surface area contributed by atoms with Crippen LogP contribution in [0.3, 0.4) is 0 Å². The number of hydrogen-bond donors (Lipinski definition) is 5. The number of carbonyl (C=O) groups is 11. The molecule has 2 aliphatic heterocycles. The van der Waals surface area contributed by atoms with Crippen molar-refractivity contribution in [3.8, 4) is 0 Å². The lowest BCUT2D eigenvalue weighted by atomic mass is 9.91. The van der Waals surface area contributed by atoms with Crippen molar-refractivity contribution in [1.82, 2.24) is 55.6 Å². The highest BCUT2D eigenvalue weighted by Gasteiger charge is 2.46. The molecule has 0 aliphatic carbocycles. The summed E-state index contributed by atoms with van der Waals surface area (Å²) in [6, 6.07) is -14.0. The minimum absolute atomic E-state index is 0.00597. The fraction of sp³-hybridized carbons (Fsp3) is 0.806. The Morgan fingerprint density at radius 2 is 1.03 bits per heavy atom. The van der Waals surface area contributed by atoms with Gasteiger partial charge in [0.25, 0.3) is 0 Å². The van der Waals surface area contributed by atoms with Gasteiger partial charge in [-0.2, -0.15) is 0 Å². The van der Waals surface area contributed by atoms with E-state index in [4.69, 9.17) is 9.47 Å². The van der Waals surface area contributed by atoms with E-state index >= 15 is 24.0 Å². The van der Waals surface area contributed by atoms with E-state index in [-0.39, 0.29) is 56.1 Å². The molecule has 25 nitrogen and oxygen atoms in total. The van der Waals surface area contributed by atoms with Crippen molar-refractivity contribution in [3.05, 3.63) is 12.2 Å². The van der Waals surface area contributed by atoms with Crippen molar-refractivity contribution in [2.75, 3.05) is 69.2 Å². The molecule has 0 saturated carbocycles. The molecule has 92 heavy (non-hydrogen) atoms. The van der Waals surface area contributed by atoms with Gasteiger partial charge in [-0.1, -0.05) is 102 Å². The fourth-order valence-electron chi connectivity index (χ4n) is 11.9. The summed E-state index contributed by atoms with van der Waals surface area (Å²) in [6.45, 7) is 30.3. The zero-order valence-corrected chi connectivity index (χ0v) is 60.2. The van der Waals surface area contributed by atoms with Crippen LogP contribution in [0.1, 0.15) is 163 Å². The molecule has 2 heterocycles. The zero-order chi connectivity index (χ0) is 70.7. The van der Waals surface area contributed by atoms with E-state index in [9.17, 15) is 33.9 Å². The number of ether oxygens (including phenoxy) is 2. The highest BCUT2D eigenvalue weighted by Crippen LogP contribution is 2.26. The van der Waals surface area contributed by atoms with Gasteiger partial charge in [0.1, 0.15) is 66.5 Å². The predicted molar refractivity (Wildman–Crippen MR) is 353 cm³/mol. The summed E-state index contributed by atoms with van der Waals surface area (Å²) in [5, 5.41) is 23.3. The van der Waals surface area contributed by atoms with E-state index in [1.54, 1.807) is 67.5 Å². The Morgan fingerprint density at radius 1 is 0.533 bits per heavy atom. The molecule has 0 aromatic carbocycles. The molecule has 2 rings (SSSR count). The van der Waals surface area contributed by atoms with Crippen LogP contribution in [0.5, 0.6) is 0 Å². The second-order valence-electron chi connectivity index (χ2n) is 27.9. The first kappa shape index (κ1) is 81.9. The average molecular weight is 1300 g/mol. The van der Waals surface area contributed by atoms with Crippen molar-refractivity contribution < 1.29 is 67.3 Å². The molecule has 0 radical (unpaired) electrons. The standard InChI is InChI=1S/C67H119N11O14/c1-25-27-28-42(13)56(79)55-60(83)70-48(26-2)63(86)72(18)46(17)62(85)77(23)54(43(14)35-92-47-31-32-91-36-47)59(82)71-52(40(9)10)66(89)73(19)49(30-29-37(3)4)58(81)68-44(15)57(80)69-45(16)61(84)74(20)50(33-38(5)6)64(87)75(21)51(34-39(7)8)65(88)76(22)53(41(11)12)67(90)78(55)24/h25,27,37-56,79H,26,28-36H2,1-24H3,(H,68,81)(H,69,80)(H,70,83)(H,71,82)/b27-25+/t42-,43-,44+,45-,46-,47+,48+,49+,50+,51+,52+,53+,54+,55?,56-/m1/s1. The number of nitrogens with zero attached hydrogens (tertiary/aromatic N) is 7. The Labute approximate surface area is 549 Å². The van der Waals surface area contributed by atoms with Gasteiger partial charge in [0.15, 0.2) is 0 Å². The first-order valence-electron chi connectivity index (χ1n) is 33.3. The van der Waals surface area contributed by atoms with Crippen LogP contribution in [0.2, 0.25) is 0 Å². The summed E-state index contributed by atoms with van der Waals surface area (Å²) in [7, 11) is 9.93. The molecule has 0 aromatic rings. The number of rotatable bonds is 18. The van der Waals surface area contributed by atoms with Crippen molar-refractivity contribution in [1.29, 1.82) is 0 Å². The largest absolute Gasteiger partial charge is 0.390 e. The lowest BCUT2D eigenvalue weighted by Crippen LogP contribution is -2.64. The van der Waals surface area contributed by atoms with Crippen LogP contribution in [0.4, 0.5) is 0 Å². The van der Waals surface area contributed by atoms with Crippen LogP contribution < -0.4 is 21.3 Å². The molecule has 526 valence electrons. The molecule has 0 spiro atoms. The van der Waals surface area contributed by atoms with Crippen LogP contribution in [0.15, 0.2) is 12.2 Å². The van der Waals surface area contributed by atoms with Crippen molar-refractivity contribution in [2.24, 2.45) is 41.4 Å². The van der Waals surface area contributed by atoms with E-state index in [0.29, 0.717) is 32.5 Å². The van der Waals surface area contributed by atoms with E-state index in [2.05, 4.69) is 21.3 Å². The Morgan fingerprint density at radius 3 is 1.52 bits per heavy atom. The van der Waals surface area contributed by atoms with Crippen LogP contribution in [0.25, 0.3) is 0 Å². The van der Waals surface area contributed by atoms with Crippen molar-refractivity contribution in [3.63, 3.8) is 0 Å². The molecule has 15 atom stereocenters. The summed E-state index contributed by atoms with van der Waals surface area (Å²) in [5.41, 5.74) is 0. The third-order valence-electron chi connectivity index (χ3n) is 18.1. The van der Waals surface area contributed by atoms with E-state index in [1.807, 2.05) is 41.5 Å². The Kier molecular flexibility index (Phi) is 33.5. The highest BCUT2D eigenvalue weighted by molar-refractivity contribution is 6.00. The molecular weight excluding hydrogens is 1180 g/mol. The highest BCUT2D eigenvalue weighted by atomic mass is 16.5. The summed E-state index contributed by atoms with van der Waals surface area (Å²) in [6.07, 6.45) is 3.62. The van der Waals surface area contributed by atoms with Gasteiger partial charge in [0, 0.05) is 61.9 Å². The van der Waals surface area contributed by atoms with Crippen LogP contribution in [0, 0.1) is 41.4 Å². The number of carbonyl (C=O) groups excluding carboxylic acids is 11. The number of aliphatic hydroxyl groups excluding tert-OH is 1. The van der Waals surface area contributed by atoms with Crippen molar-refractivity contribution in [2.45, 2.75) is 241 Å². The van der Waals surface area contributed by atoms with E-state index < -0.39 is 161 Å². The summed E-state index contributed by atoms with van der Waals surface area (Å²) in [5.74, 6) is -10.4. The third-order valence-corrected chi connectivity index (χ3v) is 18.1. The fourth-order valence-corrected chi connectivity index (χ4v) is 11.9. The molecule has 11 amide bonds. The quantitative estimate of drug-likeness (QED) is 0.123. The monoisotopic (exact) mass is 1300 g/mol. The Balaban J connectivity index is 3.04. The molecule has 1 unspecified atom stereocenters. The molecule has 2 saturated heterocycles. The number of aliphatic hydroxyl groups is 1. The average Bonchev–Trinajstić information content (AvgIpc) is 0.857. The van der Waals surface area contributed by atoms with Gasteiger partial charge in [-0.05, 0) is 108 Å². The first-order chi connectivity index (χ1) is 42.7. The van der Waals surface area contributed by atoms with E-state index in [0.717, 1.165) is 9.80 Å². The minimum atomic E-state index is -1.64. The first-order valence-corrected chi connectivity index (χ1v) is 33.3. The van der Waals surface area contributed by atoms with Crippen LogP contribution >= 0.6 is 0 Å². The third kappa shape index (κ3) is 22.2. The molecule has 2 aliphatic rings. The van der Waals surface area contributed by atoms with Crippen LogP contribution in [-0.4, -0.2) is 252 Å². The second kappa shape index (κ2) is 37.6. The van der Waals surface area contributed by atoms with Crippen LogP contribution in [-0.2, 0) is 62.2 Å². The lowest BCUT2D eigenvalue weighted by Gasteiger charge is -2.41. The van der Waals surface area contributed by atoms with E-state index in [1.165, 1.54) is 94.6 Å². The molecule has 5 N–H and O–H groups in total. The maximum absolute atomic E-state index is 15.3. The van der Waals surface area contributed by atoms with Gasteiger partial charge in [-0.25, -0.2) is 0 Å². The van der Waals surface area contributed by atoms with Gasteiger partial charge in [0.2, 0.25) is 65.0 Å². The molecule has 25 heteroatoms. The Bertz CT molecular complexity index is 2520. The molecular formula is C67H119N11O14. The number of hydrogen-bond acceptors (Lipinski definition) is 14. The Hall–Kier alpha value is -6.21. The summed E-state index contributed by atoms with van der Waals surface area (Å²) >= 11 is 0. The molecule has 0 aromatic heterocycles. The normalized spacial score (nSPS) is 28.5. The maximum Gasteiger partial charge on any atom is 0.246 e. The smallest absolute Gasteiger partial charge is 0.246 e. The van der Waals surface area contributed by atoms with Crippen molar-refractivity contribution >= 4 is 65.0 Å². The van der Waals surface area contributed by atoms with Gasteiger partial charge in [0.05, 0.1) is 25.4 Å². The van der Waals surface area contributed by atoms with Gasteiger partial charge in [-0.15, -0.1) is 0 Å². The van der Waals surface area contributed by atoms with Gasteiger partial charge in [-0.3, -0.25) is 52.7 Å². The SMILES string of the molecule is C/C=C/C[C@@H](C)[C@@H](O)C1C(=O)N[C@@H](CC)C(=O)N(C)[C@H](C)C(=O)N(C)[C@@H]([C@H](C)CO[C@H]2CCOC2)C(=O)N[C@@H](C(C)C)C(=O)N(C)[C@@H](CCC(C)C)C(=O)N[C@@H](C)C(=O)N[C@H](C)C(=O)N(C)[C@@H](CC(C)C)C(=O)N(C)[C@@H](CC(C)C)C(=O)N(C)[C@@H](C(C)C)C(=O)N1C. The predicted octanol–water partition coefficient (Wildman–Crippen LogP) is 3.44. The number of nitrogens with one attached hydrogen (secondary N) is 4. The second-order valence-corrected chi connectivity index (χ2v) is 27.9. The number of likely N-dealkylation sites (N-methyl/N-ethyl adjacent to an activating group) is 7. The topological polar surface area (TPSA) is 297 Å². The lowest BCUT2D eigenvalue weighted by molar-refractivity contribution is -0.157.